The van der Waals surface area contributed by atoms with E-state index >= 15 is 0 Å². The maximum atomic E-state index is 11.8. The van der Waals surface area contributed by atoms with E-state index in [1.54, 1.807) is 0 Å². The number of nitrogens with one attached hydrogen (secondary N) is 1. The number of amides is 1. The molecule has 0 bridgehead atoms. The quantitative estimate of drug-likeness (QED) is 0.773. The summed E-state index contributed by atoms with van der Waals surface area (Å²) in [6, 6.07) is 0.0612. The van der Waals surface area contributed by atoms with Gasteiger partial charge in [-0.2, -0.15) is 0 Å². The van der Waals surface area contributed by atoms with Gasteiger partial charge in [0, 0.05) is 6.04 Å². The summed E-state index contributed by atoms with van der Waals surface area (Å²) in [7, 11) is 0. The lowest BCUT2D eigenvalue weighted by Gasteiger charge is -2.22. The third kappa shape index (κ3) is 4.97. The van der Waals surface area contributed by atoms with Gasteiger partial charge in [-0.25, -0.2) is 0 Å². The average molecular weight is 226 g/mol. The maximum absolute atomic E-state index is 11.8. The molecule has 1 rings (SSSR count). The molecule has 0 saturated heterocycles. The van der Waals surface area contributed by atoms with Crippen LogP contribution in [-0.2, 0) is 4.79 Å². The van der Waals surface area contributed by atoms with Crippen LogP contribution in [0.5, 0.6) is 0 Å². The Kier molecular flexibility index (Phi) is 6.46. The van der Waals surface area contributed by atoms with E-state index in [1.165, 1.54) is 32.1 Å². The minimum Gasteiger partial charge on any atom is -0.352 e. The highest BCUT2D eigenvalue weighted by Crippen LogP contribution is 2.17. The van der Waals surface area contributed by atoms with Gasteiger partial charge >= 0.3 is 0 Å². The fourth-order valence-corrected chi connectivity index (χ4v) is 2.35. The zero-order chi connectivity index (χ0) is 11.8. The standard InChI is InChI=1S/C13H26N2O/c1-2-8-12(14)13(16)15-11-9-6-4-3-5-7-10-11/h11-12H,2-10,14H2,1H3,(H,15,16)/t12-/m1/s1. The molecule has 1 aliphatic rings. The third-order valence-electron chi connectivity index (χ3n) is 3.39. The van der Waals surface area contributed by atoms with Crippen LogP contribution < -0.4 is 11.1 Å². The molecule has 1 aliphatic carbocycles. The fraction of sp³-hybridized carbons (Fsp3) is 0.923. The first-order valence-corrected chi connectivity index (χ1v) is 6.80. The monoisotopic (exact) mass is 226 g/mol. The Morgan fingerprint density at radius 2 is 1.81 bits per heavy atom. The van der Waals surface area contributed by atoms with Gasteiger partial charge in [0.05, 0.1) is 6.04 Å². The van der Waals surface area contributed by atoms with E-state index in [0.717, 1.165) is 25.7 Å². The molecule has 0 aromatic rings. The molecular weight excluding hydrogens is 200 g/mol. The van der Waals surface area contributed by atoms with Crippen molar-refractivity contribution in [2.24, 2.45) is 5.73 Å². The molecule has 1 saturated carbocycles. The molecule has 0 heterocycles. The van der Waals surface area contributed by atoms with Crippen LogP contribution in [0.4, 0.5) is 0 Å². The summed E-state index contributed by atoms with van der Waals surface area (Å²) in [5, 5.41) is 3.11. The van der Waals surface area contributed by atoms with Crippen LogP contribution in [0.25, 0.3) is 0 Å². The largest absolute Gasteiger partial charge is 0.352 e. The van der Waals surface area contributed by atoms with Crippen molar-refractivity contribution in [1.82, 2.24) is 5.32 Å². The summed E-state index contributed by atoms with van der Waals surface area (Å²) >= 11 is 0. The molecule has 1 amide bonds. The number of hydrogen-bond donors (Lipinski definition) is 2. The van der Waals surface area contributed by atoms with Crippen molar-refractivity contribution in [3.05, 3.63) is 0 Å². The molecule has 0 aromatic heterocycles. The van der Waals surface area contributed by atoms with Crippen molar-refractivity contribution in [2.45, 2.75) is 76.8 Å². The smallest absolute Gasteiger partial charge is 0.237 e. The molecule has 1 fully saturated rings. The second-order valence-electron chi connectivity index (χ2n) is 4.95. The molecule has 0 unspecified atom stereocenters. The second kappa shape index (κ2) is 7.66. The minimum absolute atomic E-state index is 0.0485. The average Bonchev–Trinajstić information content (AvgIpc) is 2.22. The Hall–Kier alpha value is -0.570. The first-order chi connectivity index (χ1) is 7.74. The van der Waals surface area contributed by atoms with Gasteiger partial charge in [-0.3, -0.25) is 4.79 Å². The van der Waals surface area contributed by atoms with E-state index in [0.29, 0.717) is 6.04 Å². The van der Waals surface area contributed by atoms with E-state index in [4.69, 9.17) is 5.73 Å². The Bertz CT molecular complexity index is 198. The number of carbonyl (C=O) groups excluding carboxylic acids is 1. The van der Waals surface area contributed by atoms with E-state index < -0.39 is 0 Å². The second-order valence-corrected chi connectivity index (χ2v) is 4.95. The molecular formula is C13H26N2O. The lowest BCUT2D eigenvalue weighted by molar-refractivity contribution is -0.123. The van der Waals surface area contributed by atoms with Crippen molar-refractivity contribution >= 4 is 5.91 Å². The molecule has 94 valence electrons. The molecule has 1 atom stereocenters. The van der Waals surface area contributed by atoms with E-state index in [9.17, 15) is 4.79 Å². The molecule has 0 spiro atoms. The van der Waals surface area contributed by atoms with Crippen LogP contribution in [-0.4, -0.2) is 18.0 Å². The lowest BCUT2D eigenvalue weighted by Crippen LogP contribution is -2.45. The van der Waals surface area contributed by atoms with Gasteiger partial charge < -0.3 is 11.1 Å². The Balaban J connectivity index is 2.29. The number of rotatable bonds is 4. The summed E-state index contributed by atoms with van der Waals surface area (Å²) in [6.45, 7) is 2.06. The third-order valence-corrected chi connectivity index (χ3v) is 3.39. The van der Waals surface area contributed by atoms with Gasteiger partial charge in [0.25, 0.3) is 0 Å². The SMILES string of the molecule is CCC[C@@H](N)C(=O)NC1CCCCCCC1. The van der Waals surface area contributed by atoms with Crippen molar-refractivity contribution < 1.29 is 4.79 Å². The summed E-state index contributed by atoms with van der Waals surface area (Å²) < 4.78 is 0. The highest BCUT2D eigenvalue weighted by Gasteiger charge is 2.17. The van der Waals surface area contributed by atoms with Crippen molar-refractivity contribution in [3.8, 4) is 0 Å². The van der Waals surface area contributed by atoms with Gasteiger partial charge in [0.1, 0.15) is 0 Å². The Morgan fingerprint density at radius 3 is 2.38 bits per heavy atom. The highest BCUT2D eigenvalue weighted by atomic mass is 16.2. The first kappa shape index (κ1) is 13.5. The van der Waals surface area contributed by atoms with E-state index in [-0.39, 0.29) is 11.9 Å². The van der Waals surface area contributed by atoms with Crippen LogP contribution >= 0.6 is 0 Å². The minimum atomic E-state index is -0.310. The first-order valence-electron chi connectivity index (χ1n) is 6.80. The van der Waals surface area contributed by atoms with Crippen LogP contribution in [0.3, 0.4) is 0 Å². The van der Waals surface area contributed by atoms with Gasteiger partial charge in [-0.1, -0.05) is 45.4 Å². The normalized spacial score (nSPS) is 20.9. The van der Waals surface area contributed by atoms with Gasteiger partial charge in [-0.05, 0) is 19.3 Å². The molecule has 0 aromatic carbocycles. The van der Waals surface area contributed by atoms with Crippen LogP contribution in [0.1, 0.15) is 64.7 Å². The van der Waals surface area contributed by atoms with Gasteiger partial charge in [-0.15, -0.1) is 0 Å². The van der Waals surface area contributed by atoms with Crippen molar-refractivity contribution in [3.63, 3.8) is 0 Å². The highest BCUT2D eigenvalue weighted by molar-refractivity contribution is 5.81. The van der Waals surface area contributed by atoms with Crippen LogP contribution in [0.15, 0.2) is 0 Å². The fourth-order valence-electron chi connectivity index (χ4n) is 2.35. The van der Waals surface area contributed by atoms with E-state index in [1.807, 2.05) is 0 Å². The number of hydrogen-bond acceptors (Lipinski definition) is 2. The van der Waals surface area contributed by atoms with Crippen LogP contribution in [0, 0.1) is 0 Å². The zero-order valence-corrected chi connectivity index (χ0v) is 10.5. The summed E-state index contributed by atoms with van der Waals surface area (Å²) in [6.07, 6.45) is 10.5. The molecule has 3 nitrogen and oxygen atoms in total. The summed E-state index contributed by atoms with van der Waals surface area (Å²) in [5.74, 6) is 0.0485. The van der Waals surface area contributed by atoms with E-state index in [2.05, 4.69) is 12.2 Å². The molecule has 0 aliphatic heterocycles. The molecule has 0 radical (unpaired) electrons. The predicted molar refractivity (Wildman–Crippen MR) is 67.1 cm³/mol. The van der Waals surface area contributed by atoms with Gasteiger partial charge in [0.15, 0.2) is 0 Å². The summed E-state index contributed by atoms with van der Waals surface area (Å²) in [5.41, 5.74) is 5.80. The Labute approximate surface area is 99.2 Å². The maximum Gasteiger partial charge on any atom is 0.237 e. The summed E-state index contributed by atoms with van der Waals surface area (Å²) in [4.78, 5) is 11.8. The van der Waals surface area contributed by atoms with Crippen molar-refractivity contribution in [2.75, 3.05) is 0 Å². The predicted octanol–water partition coefficient (Wildman–Crippen LogP) is 2.34. The lowest BCUT2D eigenvalue weighted by atomic mass is 9.96. The van der Waals surface area contributed by atoms with Crippen LogP contribution in [0.2, 0.25) is 0 Å². The van der Waals surface area contributed by atoms with Crippen molar-refractivity contribution in [1.29, 1.82) is 0 Å². The van der Waals surface area contributed by atoms with Gasteiger partial charge in [0.2, 0.25) is 5.91 Å². The molecule has 3 heteroatoms. The Morgan fingerprint density at radius 1 is 1.25 bits per heavy atom. The molecule has 3 N–H and O–H groups in total. The number of nitrogens with two attached hydrogens (primary N) is 1. The molecule has 16 heavy (non-hydrogen) atoms. The number of carbonyl (C=O) groups is 1. The zero-order valence-electron chi connectivity index (χ0n) is 10.5. The topological polar surface area (TPSA) is 55.1 Å².